The first kappa shape index (κ1) is 18.9. The molecule has 0 aliphatic rings. The van der Waals surface area contributed by atoms with E-state index in [2.05, 4.69) is 20.7 Å². The van der Waals surface area contributed by atoms with Crippen molar-refractivity contribution < 1.29 is 18.4 Å². The summed E-state index contributed by atoms with van der Waals surface area (Å²) in [5.74, 6) is 0.584. The molecule has 9 heteroatoms. The molecular weight excluding hydrogens is 399 g/mol. The number of nitrogens with zero attached hydrogens (tertiary/aromatic N) is 2. The monoisotopic (exact) mass is 414 g/mol. The third-order valence-electron chi connectivity index (χ3n) is 4.51. The zero-order valence-corrected chi connectivity index (χ0v) is 16.3. The zero-order valence-electron chi connectivity index (χ0n) is 15.5. The fraction of sp³-hybridized carbons (Fsp3) is 0.150. The Morgan fingerprint density at radius 1 is 1.28 bits per heavy atom. The van der Waals surface area contributed by atoms with E-state index in [1.807, 2.05) is 13.8 Å². The number of aromatic amines is 1. The van der Waals surface area contributed by atoms with Crippen molar-refractivity contribution in [2.75, 3.05) is 5.32 Å². The van der Waals surface area contributed by atoms with Gasteiger partial charge in [-0.1, -0.05) is 16.8 Å². The number of fused-ring (bicyclic) bond motifs is 1. The summed E-state index contributed by atoms with van der Waals surface area (Å²) >= 11 is 5.75. The first-order valence-corrected chi connectivity index (χ1v) is 9.09. The number of carbonyl (C=O) groups is 1. The Kier molecular flexibility index (Phi) is 4.94. The highest BCUT2D eigenvalue weighted by atomic mass is 35.5. The minimum atomic E-state index is -0.589. The molecule has 0 saturated carbocycles. The number of hydrogen-bond acceptors (Lipinski definition) is 5. The number of aryl methyl sites for hydroxylation is 2. The molecule has 148 valence electrons. The van der Waals surface area contributed by atoms with Crippen LogP contribution in [0.25, 0.3) is 10.9 Å². The van der Waals surface area contributed by atoms with Gasteiger partial charge in [-0.15, -0.1) is 0 Å². The molecule has 4 rings (SSSR count). The molecule has 0 aliphatic heterocycles. The number of anilines is 1. The summed E-state index contributed by atoms with van der Waals surface area (Å²) < 4.78 is 24.3. The van der Waals surface area contributed by atoms with Gasteiger partial charge in [0.25, 0.3) is 5.91 Å². The maximum Gasteiger partial charge on any atom is 0.256 e. The topological polar surface area (TPSA) is 93.0 Å². The molecule has 0 bridgehead atoms. The molecule has 0 unspecified atom stereocenters. The minimum absolute atomic E-state index is 0.125. The number of nitrogens with one attached hydrogen (secondary N) is 2. The minimum Gasteiger partial charge on any atom is -0.489 e. The van der Waals surface area contributed by atoms with Crippen LogP contribution in [0.1, 0.15) is 27.4 Å². The molecule has 29 heavy (non-hydrogen) atoms. The van der Waals surface area contributed by atoms with E-state index in [1.54, 1.807) is 18.2 Å². The number of ether oxygens (including phenoxy) is 1. The van der Waals surface area contributed by atoms with Crippen LogP contribution < -0.4 is 10.1 Å². The van der Waals surface area contributed by atoms with Gasteiger partial charge in [-0.05, 0) is 50.2 Å². The largest absolute Gasteiger partial charge is 0.489 e. The lowest BCUT2D eigenvalue weighted by Crippen LogP contribution is -2.12. The van der Waals surface area contributed by atoms with E-state index in [9.17, 15) is 9.18 Å². The van der Waals surface area contributed by atoms with Crippen LogP contribution in [0.4, 0.5) is 10.2 Å². The molecule has 2 heterocycles. The standard InChI is InChI=1S/C20H16ClFN4O3/c1-10-15(11(2)29-26-10)9-28-13-4-6-18-14(8-13)19(25-24-18)23-20(27)12-3-5-17(22)16(21)7-12/h3-8H,9H2,1-2H3,(H2,23,24,25,27). The summed E-state index contributed by atoms with van der Waals surface area (Å²) in [5.41, 5.74) is 2.61. The maximum absolute atomic E-state index is 13.3. The van der Waals surface area contributed by atoms with E-state index < -0.39 is 11.7 Å². The normalized spacial score (nSPS) is 11.0. The second kappa shape index (κ2) is 7.56. The van der Waals surface area contributed by atoms with Gasteiger partial charge in [0.1, 0.15) is 23.9 Å². The van der Waals surface area contributed by atoms with E-state index >= 15 is 0 Å². The summed E-state index contributed by atoms with van der Waals surface area (Å²) in [6, 6.07) is 9.12. The molecule has 2 N–H and O–H groups in total. The van der Waals surface area contributed by atoms with Crippen molar-refractivity contribution in [1.82, 2.24) is 15.4 Å². The van der Waals surface area contributed by atoms with Crippen LogP contribution in [0.3, 0.4) is 0 Å². The van der Waals surface area contributed by atoms with Gasteiger partial charge in [-0.3, -0.25) is 9.89 Å². The average molecular weight is 415 g/mol. The molecule has 2 aromatic carbocycles. The lowest BCUT2D eigenvalue weighted by Gasteiger charge is -2.07. The van der Waals surface area contributed by atoms with Crippen molar-refractivity contribution in [1.29, 1.82) is 0 Å². The van der Waals surface area contributed by atoms with Gasteiger partial charge < -0.3 is 14.6 Å². The number of aromatic nitrogens is 3. The predicted octanol–water partition coefficient (Wildman–Crippen LogP) is 4.79. The van der Waals surface area contributed by atoms with Crippen molar-refractivity contribution in [2.45, 2.75) is 20.5 Å². The first-order chi connectivity index (χ1) is 13.9. The van der Waals surface area contributed by atoms with Crippen LogP contribution in [0.2, 0.25) is 5.02 Å². The van der Waals surface area contributed by atoms with E-state index in [0.717, 1.165) is 22.8 Å². The van der Waals surface area contributed by atoms with E-state index in [4.69, 9.17) is 20.9 Å². The highest BCUT2D eigenvalue weighted by molar-refractivity contribution is 6.31. The second-order valence-corrected chi connectivity index (χ2v) is 6.86. The van der Waals surface area contributed by atoms with Crippen LogP contribution in [0.5, 0.6) is 5.75 Å². The quantitative estimate of drug-likeness (QED) is 0.489. The molecule has 0 fully saturated rings. The molecule has 0 saturated heterocycles. The zero-order chi connectivity index (χ0) is 20.5. The summed E-state index contributed by atoms with van der Waals surface area (Å²) in [4.78, 5) is 12.5. The number of amides is 1. The Hall–Kier alpha value is -3.39. The van der Waals surface area contributed by atoms with Gasteiger partial charge in [0.2, 0.25) is 0 Å². The predicted molar refractivity (Wildman–Crippen MR) is 106 cm³/mol. The Labute approximate surface area is 169 Å². The second-order valence-electron chi connectivity index (χ2n) is 6.45. The van der Waals surface area contributed by atoms with Crippen molar-refractivity contribution in [3.63, 3.8) is 0 Å². The van der Waals surface area contributed by atoms with E-state index in [0.29, 0.717) is 29.3 Å². The smallest absolute Gasteiger partial charge is 0.256 e. The maximum atomic E-state index is 13.3. The first-order valence-electron chi connectivity index (χ1n) is 8.71. The summed E-state index contributed by atoms with van der Waals surface area (Å²) in [6.45, 7) is 3.98. The van der Waals surface area contributed by atoms with Crippen LogP contribution >= 0.6 is 11.6 Å². The Bertz CT molecular complexity index is 1200. The molecule has 0 aliphatic carbocycles. The Morgan fingerprint density at radius 2 is 2.10 bits per heavy atom. The molecule has 2 aromatic heterocycles. The summed E-state index contributed by atoms with van der Waals surface area (Å²) in [6.07, 6.45) is 0. The number of carbonyl (C=O) groups excluding carboxylic acids is 1. The van der Waals surface area contributed by atoms with Gasteiger partial charge in [0.05, 0.1) is 21.8 Å². The van der Waals surface area contributed by atoms with Gasteiger partial charge in [0.15, 0.2) is 5.82 Å². The molecule has 4 aromatic rings. The fourth-order valence-electron chi connectivity index (χ4n) is 2.86. The average Bonchev–Trinajstić information content (AvgIpc) is 3.25. The van der Waals surface area contributed by atoms with Crippen LogP contribution in [0, 0.1) is 19.7 Å². The van der Waals surface area contributed by atoms with E-state index in [1.165, 1.54) is 12.1 Å². The number of halogens is 2. The van der Waals surface area contributed by atoms with Crippen LogP contribution in [0.15, 0.2) is 40.9 Å². The van der Waals surface area contributed by atoms with Crippen molar-refractivity contribution >= 4 is 34.2 Å². The molecule has 0 radical (unpaired) electrons. The Balaban J connectivity index is 1.55. The fourth-order valence-corrected chi connectivity index (χ4v) is 3.04. The number of hydrogen-bond donors (Lipinski definition) is 2. The van der Waals surface area contributed by atoms with Gasteiger partial charge in [0, 0.05) is 10.9 Å². The Morgan fingerprint density at radius 3 is 2.83 bits per heavy atom. The van der Waals surface area contributed by atoms with Crippen molar-refractivity contribution in [3.05, 3.63) is 69.8 Å². The molecule has 0 atom stereocenters. The van der Waals surface area contributed by atoms with Gasteiger partial charge >= 0.3 is 0 Å². The summed E-state index contributed by atoms with van der Waals surface area (Å²) in [5, 5.41) is 14.1. The van der Waals surface area contributed by atoms with Crippen molar-refractivity contribution in [2.24, 2.45) is 0 Å². The molecular formula is C20H16ClFN4O3. The molecule has 1 amide bonds. The third kappa shape index (κ3) is 3.79. The lowest BCUT2D eigenvalue weighted by molar-refractivity contribution is 0.102. The van der Waals surface area contributed by atoms with Crippen LogP contribution in [-0.2, 0) is 6.61 Å². The number of benzene rings is 2. The lowest BCUT2D eigenvalue weighted by atomic mass is 10.2. The van der Waals surface area contributed by atoms with Crippen molar-refractivity contribution in [3.8, 4) is 5.75 Å². The molecule has 7 nitrogen and oxygen atoms in total. The number of H-pyrrole nitrogens is 1. The third-order valence-corrected chi connectivity index (χ3v) is 4.80. The SMILES string of the molecule is Cc1noc(C)c1COc1ccc2[nH]nc(NC(=O)c3ccc(F)c(Cl)c3)c2c1. The molecule has 0 spiro atoms. The van der Waals surface area contributed by atoms with Crippen LogP contribution in [-0.4, -0.2) is 21.3 Å². The summed E-state index contributed by atoms with van der Waals surface area (Å²) in [7, 11) is 0. The highest BCUT2D eigenvalue weighted by Crippen LogP contribution is 2.27. The highest BCUT2D eigenvalue weighted by Gasteiger charge is 2.14. The van der Waals surface area contributed by atoms with Gasteiger partial charge in [-0.25, -0.2) is 4.39 Å². The van der Waals surface area contributed by atoms with E-state index in [-0.39, 0.29) is 10.6 Å². The number of rotatable bonds is 5. The van der Waals surface area contributed by atoms with Gasteiger partial charge in [-0.2, -0.15) is 5.10 Å².